The number of benzene rings is 2. The van der Waals surface area contributed by atoms with Crippen molar-refractivity contribution in [3.05, 3.63) is 66.2 Å². The summed E-state index contributed by atoms with van der Waals surface area (Å²) < 4.78 is 28.1. The molecule has 0 amide bonds. The molecular weight excluding hydrogens is 342 g/mol. The molecule has 1 radical (unpaired) electrons. The summed E-state index contributed by atoms with van der Waals surface area (Å²) in [7, 11) is -1.48. The summed E-state index contributed by atoms with van der Waals surface area (Å²) in [6.45, 7) is 8.63. The van der Waals surface area contributed by atoms with Gasteiger partial charge in [0.1, 0.15) is 0 Å². The standard InChI is InChI=1S/C22H26NO2S/c1-16-19(13-14-22(2,3)4)20-15-18(11-12-21(20)23(16)5)26(24,25)17-9-7-6-8-10-17/h6-12,14-15H,13H2,1-5H3. The van der Waals surface area contributed by atoms with Crippen molar-refractivity contribution >= 4 is 20.7 Å². The van der Waals surface area contributed by atoms with E-state index in [1.807, 2.05) is 25.2 Å². The van der Waals surface area contributed by atoms with Crippen molar-refractivity contribution in [1.82, 2.24) is 4.57 Å². The van der Waals surface area contributed by atoms with Gasteiger partial charge in [0.05, 0.1) is 9.79 Å². The normalized spacial score (nSPS) is 12.7. The number of hydrogen-bond acceptors (Lipinski definition) is 2. The minimum atomic E-state index is -3.51. The number of sulfone groups is 1. The molecule has 0 spiro atoms. The van der Waals surface area contributed by atoms with Gasteiger partial charge in [-0.3, -0.25) is 0 Å². The molecule has 1 heterocycles. The Kier molecular flexibility index (Phi) is 4.74. The Balaban J connectivity index is 2.14. The van der Waals surface area contributed by atoms with Gasteiger partial charge in [0.15, 0.2) is 0 Å². The molecule has 2 aromatic carbocycles. The van der Waals surface area contributed by atoms with Crippen LogP contribution in [0.4, 0.5) is 0 Å². The predicted molar refractivity (Wildman–Crippen MR) is 107 cm³/mol. The van der Waals surface area contributed by atoms with Crippen LogP contribution in [-0.2, 0) is 23.3 Å². The van der Waals surface area contributed by atoms with Crippen molar-refractivity contribution in [3.63, 3.8) is 0 Å². The van der Waals surface area contributed by atoms with Crippen LogP contribution in [0.15, 0.2) is 58.3 Å². The molecule has 137 valence electrons. The second-order valence-corrected chi connectivity index (χ2v) is 9.84. The Hall–Kier alpha value is -2.07. The van der Waals surface area contributed by atoms with E-state index in [4.69, 9.17) is 0 Å². The van der Waals surface area contributed by atoms with Gasteiger partial charge in [-0.25, -0.2) is 8.42 Å². The number of fused-ring (bicyclic) bond motifs is 1. The first kappa shape index (κ1) is 18.7. The van der Waals surface area contributed by atoms with E-state index in [2.05, 4.69) is 38.7 Å². The second kappa shape index (κ2) is 6.58. The van der Waals surface area contributed by atoms with E-state index in [1.54, 1.807) is 30.3 Å². The molecule has 0 saturated carbocycles. The van der Waals surface area contributed by atoms with Crippen LogP contribution in [0.3, 0.4) is 0 Å². The molecule has 0 N–H and O–H groups in total. The van der Waals surface area contributed by atoms with E-state index in [0.717, 1.165) is 17.3 Å². The van der Waals surface area contributed by atoms with Gasteiger partial charge in [-0.2, -0.15) is 0 Å². The molecule has 0 atom stereocenters. The number of hydrogen-bond donors (Lipinski definition) is 0. The van der Waals surface area contributed by atoms with Gasteiger partial charge < -0.3 is 4.57 Å². The molecule has 0 fully saturated rings. The predicted octanol–water partition coefficient (Wildman–Crippen LogP) is 5.11. The third-order valence-electron chi connectivity index (χ3n) is 4.88. The Morgan fingerprint density at radius 3 is 2.27 bits per heavy atom. The first-order valence-electron chi connectivity index (χ1n) is 8.84. The van der Waals surface area contributed by atoms with E-state index in [-0.39, 0.29) is 5.41 Å². The Bertz CT molecular complexity index is 1040. The highest BCUT2D eigenvalue weighted by atomic mass is 32.2. The van der Waals surface area contributed by atoms with Crippen LogP contribution >= 0.6 is 0 Å². The molecule has 0 bridgehead atoms. The van der Waals surface area contributed by atoms with E-state index in [9.17, 15) is 8.42 Å². The lowest BCUT2D eigenvalue weighted by Gasteiger charge is -2.17. The third kappa shape index (κ3) is 3.43. The van der Waals surface area contributed by atoms with Crippen LogP contribution in [0.2, 0.25) is 0 Å². The maximum Gasteiger partial charge on any atom is 0.206 e. The minimum Gasteiger partial charge on any atom is -0.348 e. The second-order valence-electron chi connectivity index (χ2n) is 7.89. The summed E-state index contributed by atoms with van der Waals surface area (Å²) in [5.41, 5.74) is 3.55. The van der Waals surface area contributed by atoms with Crippen LogP contribution < -0.4 is 0 Å². The summed E-state index contributed by atoms with van der Waals surface area (Å²) >= 11 is 0. The van der Waals surface area contributed by atoms with Gasteiger partial charge >= 0.3 is 0 Å². The largest absolute Gasteiger partial charge is 0.348 e. The van der Waals surface area contributed by atoms with E-state index < -0.39 is 9.84 Å². The molecule has 3 rings (SSSR count). The zero-order valence-electron chi connectivity index (χ0n) is 16.1. The highest BCUT2D eigenvalue weighted by Gasteiger charge is 2.21. The Labute approximate surface area is 156 Å². The lowest BCUT2D eigenvalue weighted by Crippen LogP contribution is -2.08. The zero-order chi connectivity index (χ0) is 19.1. The highest BCUT2D eigenvalue weighted by molar-refractivity contribution is 7.91. The Morgan fingerprint density at radius 1 is 1.00 bits per heavy atom. The zero-order valence-corrected chi connectivity index (χ0v) is 16.9. The van der Waals surface area contributed by atoms with Gasteiger partial charge in [0.2, 0.25) is 9.84 Å². The third-order valence-corrected chi connectivity index (χ3v) is 6.64. The quantitative estimate of drug-likeness (QED) is 0.642. The fraction of sp³-hybridized carbons (Fsp3) is 0.318. The summed E-state index contributed by atoms with van der Waals surface area (Å²) in [5, 5.41) is 1.02. The van der Waals surface area contributed by atoms with Gasteiger partial charge in [-0.15, -0.1) is 0 Å². The molecule has 0 aliphatic rings. The van der Waals surface area contributed by atoms with Crippen molar-refractivity contribution in [1.29, 1.82) is 0 Å². The van der Waals surface area contributed by atoms with Crippen LogP contribution in [0.1, 0.15) is 32.0 Å². The van der Waals surface area contributed by atoms with Gasteiger partial charge in [-0.1, -0.05) is 39.0 Å². The fourth-order valence-electron chi connectivity index (χ4n) is 3.20. The van der Waals surface area contributed by atoms with Crippen LogP contribution in [0, 0.1) is 18.8 Å². The van der Waals surface area contributed by atoms with Crippen LogP contribution in [0.5, 0.6) is 0 Å². The van der Waals surface area contributed by atoms with Crippen molar-refractivity contribution in [2.45, 2.75) is 43.9 Å². The lowest BCUT2D eigenvalue weighted by molar-refractivity contribution is 0.483. The summed E-state index contributed by atoms with van der Waals surface area (Å²) in [6.07, 6.45) is 3.11. The number of aromatic nitrogens is 1. The first-order chi connectivity index (χ1) is 12.1. The van der Waals surface area contributed by atoms with E-state index in [0.29, 0.717) is 9.79 Å². The molecule has 0 unspecified atom stereocenters. The summed E-state index contributed by atoms with van der Waals surface area (Å²) in [5.74, 6) is 0. The maximum atomic E-state index is 13.0. The van der Waals surface area contributed by atoms with Crippen LogP contribution in [0.25, 0.3) is 10.9 Å². The average Bonchev–Trinajstić information content (AvgIpc) is 2.83. The number of rotatable bonds is 4. The maximum absolute atomic E-state index is 13.0. The molecule has 4 heteroatoms. The van der Waals surface area contributed by atoms with Crippen molar-refractivity contribution in [2.24, 2.45) is 12.5 Å². The van der Waals surface area contributed by atoms with E-state index >= 15 is 0 Å². The van der Waals surface area contributed by atoms with Gasteiger partial charge in [-0.05, 0) is 61.1 Å². The van der Waals surface area contributed by atoms with Crippen LogP contribution in [-0.4, -0.2) is 13.0 Å². The highest BCUT2D eigenvalue weighted by Crippen LogP contribution is 2.32. The van der Waals surface area contributed by atoms with Crippen molar-refractivity contribution in [3.8, 4) is 0 Å². The first-order valence-corrected chi connectivity index (χ1v) is 10.3. The lowest BCUT2D eigenvalue weighted by atomic mass is 9.88. The molecule has 0 saturated heterocycles. The van der Waals surface area contributed by atoms with Gasteiger partial charge in [0, 0.05) is 23.6 Å². The van der Waals surface area contributed by atoms with Crippen molar-refractivity contribution in [2.75, 3.05) is 0 Å². The smallest absolute Gasteiger partial charge is 0.206 e. The monoisotopic (exact) mass is 368 g/mol. The molecule has 0 aliphatic carbocycles. The molecule has 26 heavy (non-hydrogen) atoms. The molecular formula is C22H26NO2S. The molecule has 3 aromatic rings. The summed E-state index contributed by atoms with van der Waals surface area (Å²) in [6, 6.07) is 14.1. The van der Waals surface area contributed by atoms with Crippen molar-refractivity contribution < 1.29 is 8.42 Å². The minimum absolute atomic E-state index is 0.113. The SMILES string of the molecule is Cc1c(C[CH]C(C)(C)C)c2cc(S(=O)(=O)c3ccccc3)ccc2n1C. The topological polar surface area (TPSA) is 39.1 Å². The molecule has 3 nitrogen and oxygen atoms in total. The van der Waals surface area contributed by atoms with E-state index in [1.165, 1.54) is 11.3 Å². The Morgan fingerprint density at radius 2 is 1.65 bits per heavy atom. The summed E-state index contributed by atoms with van der Waals surface area (Å²) in [4.78, 5) is 0.675. The molecule has 0 aliphatic heterocycles. The fourth-order valence-corrected chi connectivity index (χ4v) is 4.50. The van der Waals surface area contributed by atoms with Gasteiger partial charge in [0.25, 0.3) is 0 Å². The number of nitrogens with zero attached hydrogens (tertiary/aromatic N) is 1. The number of aryl methyl sites for hydroxylation is 1. The average molecular weight is 369 g/mol. The molecule has 1 aromatic heterocycles.